The summed E-state index contributed by atoms with van der Waals surface area (Å²) in [5.41, 5.74) is 3.23. The molecule has 2 aromatic carbocycles. The number of aromatic nitrogens is 2. The van der Waals surface area contributed by atoms with Crippen LogP contribution >= 0.6 is 0 Å². The summed E-state index contributed by atoms with van der Waals surface area (Å²) in [5.74, 6) is 1.21. The molecular formula is C25H29N5O3S. The zero-order valence-electron chi connectivity index (χ0n) is 19.1. The Morgan fingerprint density at radius 1 is 1.03 bits per heavy atom. The average Bonchev–Trinajstić information content (AvgIpc) is 2.83. The van der Waals surface area contributed by atoms with E-state index >= 15 is 0 Å². The predicted molar refractivity (Wildman–Crippen MR) is 132 cm³/mol. The number of sulfone groups is 1. The van der Waals surface area contributed by atoms with Gasteiger partial charge in [0, 0.05) is 44.5 Å². The van der Waals surface area contributed by atoms with E-state index in [4.69, 9.17) is 0 Å². The second-order valence-corrected chi connectivity index (χ2v) is 11.0. The monoisotopic (exact) mass is 479 g/mol. The second kappa shape index (κ2) is 9.32. The van der Waals surface area contributed by atoms with E-state index in [1.807, 2.05) is 0 Å². The molecule has 0 amide bonds. The molecule has 1 aromatic heterocycles. The normalized spacial score (nSPS) is 21.2. The Morgan fingerprint density at radius 2 is 1.79 bits per heavy atom. The number of hydrogen-bond acceptors (Lipinski definition) is 8. The highest BCUT2D eigenvalue weighted by molar-refractivity contribution is 7.90. The van der Waals surface area contributed by atoms with Gasteiger partial charge in [0.1, 0.15) is 18.0 Å². The molecule has 3 aromatic rings. The van der Waals surface area contributed by atoms with Gasteiger partial charge in [-0.25, -0.2) is 18.4 Å². The fraction of sp³-hybridized carbons (Fsp3) is 0.360. The number of aliphatic hydroxyl groups is 1. The van der Waals surface area contributed by atoms with Gasteiger partial charge in [-0.15, -0.1) is 0 Å². The van der Waals surface area contributed by atoms with Crippen LogP contribution in [0.4, 0.5) is 17.3 Å². The molecule has 3 heterocycles. The standard InChI is InChI=1S/C25H29N5O3S/c1-34(32,33)23-9-5-4-8-20(23)28-24-14-25(27-17-26-24)30-13-11-21(22(31)16-30)29-12-10-18-6-2-3-7-19(18)15-29/h2-9,14,17,21-22,31H,10-13,15-16H2,1H3,(H,26,27,28). The van der Waals surface area contributed by atoms with E-state index < -0.39 is 15.9 Å². The fourth-order valence-corrected chi connectivity index (χ4v) is 5.82. The fourth-order valence-electron chi connectivity index (χ4n) is 4.97. The van der Waals surface area contributed by atoms with Crippen LogP contribution in [0.3, 0.4) is 0 Å². The molecule has 0 bridgehead atoms. The van der Waals surface area contributed by atoms with Crippen LogP contribution in [0, 0.1) is 0 Å². The number of nitrogens with one attached hydrogen (secondary N) is 1. The Morgan fingerprint density at radius 3 is 2.59 bits per heavy atom. The molecule has 9 heteroatoms. The number of fused-ring (bicyclic) bond motifs is 1. The third-order valence-corrected chi connectivity index (χ3v) is 7.86. The topological polar surface area (TPSA) is 98.7 Å². The molecule has 1 saturated heterocycles. The van der Waals surface area contributed by atoms with Gasteiger partial charge in [0.2, 0.25) is 0 Å². The number of hydrogen-bond donors (Lipinski definition) is 2. The minimum absolute atomic E-state index is 0.116. The lowest BCUT2D eigenvalue weighted by atomic mass is 9.94. The first-order valence-electron chi connectivity index (χ1n) is 11.5. The highest BCUT2D eigenvalue weighted by atomic mass is 32.2. The molecular weight excluding hydrogens is 450 g/mol. The van der Waals surface area contributed by atoms with Crippen molar-refractivity contribution in [3.63, 3.8) is 0 Å². The molecule has 0 radical (unpaired) electrons. The molecule has 34 heavy (non-hydrogen) atoms. The van der Waals surface area contributed by atoms with E-state index in [1.165, 1.54) is 23.7 Å². The molecule has 0 aliphatic carbocycles. The number of anilines is 3. The third-order valence-electron chi connectivity index (χ3n) is 6.70. The van der Waals surface area contributed by atoms with Gasteiger partial charge < -0.3 is 15.3 Å². The number of β-amino-alcohol motifs (C(OH)–C–C–N with tert-alkyl or cyclic N) is 1. The number of benzene rings is 2. The van der Waals surface area contributed by atoms with Crippen LogP contribution < -0.4 is 10.2 Å². The smallest absolute Gasteiger partial charge is 0.177 e. The molecule has 8 nitrogen and oxygen atoms in total. The van der Waals surface area contributed by atoms with Crippen molar-refractivity contribution < 1.29 is 13.5 Å². The highest BCUT2D eigenvalue weighted by Gasteiger charge is 2.34. The van der Waals surface area contributed by atoms with Crippen molar-refractivity contribution in [2.45, 2.75) is 36.4 Å². The summed E-state index contributed by atoms with van der Waals surface area (Å²) < 4.78 is 24.2. The van der Waals surface area contributed by atoms with Crippen LogP contribution in [0.25, 0.3) is 0 Å². The van der Waals surface area contributed by atoms with E-state index in [0.29, 0.717) is 23.9 Å². The zero-order valence-corrected chi connectivity index (χ0v) is 19.9. The van der Waals surface area contributed by atoms with Crippen molar-refractivity contribution in [2.75, 3.05) is 36.1 Å². The summed E-state index contributed by atoms with van der Waals surface area (Å²) in [6.45, 7) is 3.09. The first-order valence-corrected chi connectivity index (χ1v) is 13.4. The van der Waals surface area contributed by atoms with Crippen molar-refractivity contribution in [3.05, 3.63) is 72.1 Å². The molecule has 5 rings (SSSR count). The van der Waals surface area contributed by atoms with Gasteiger partial charge in [0.05, 0.1) is 16.7 Å². The molecule has 178 valence electrons. The Hall–Kier alpha value is -3.01. The number of aliphatic hydroxyl groups excluding tert-OH is 1. The van der Waals surface area contributed by atoms with Crippen LogP contribution in [0.5, 0.6) is 0 Å². The van der Waals surface area contributed by atoms with Gasteiger partial charge in [-0.1, -0.05) is 36.4 Å². The minimum Gasteiger partial charge on any atom is -0.390 e. The molecule has 2 N–H and O–H groups in total. The van der Waals surface area contributed by atoms with Crippen LogP contribution in [0.2, 0.25) is 0 Å². The average molecular weight is 480 g/mol. The van der Waals surface area contributed by atoms with Crippen molar-refractivity contribution in [1.29, 1.82) is 0 Å². The molecule has 2 aliphatic heterocycles. The van der Waals surface area contributed by atoms with Gasteiger partial charge in [0.15, 0.2) is 9.84 Å². The first-order chi connectivity index (χ1) is 16.4. The Kier molecular flexibility index (Phi) is 6.24. The van der Waals surface area contributed by atoms with E-state index in [2.05, 4.69) is 49.4 Å². The summed E-state index contributed by atoms with van der Waals surface area (Å²) >= 11 is 0. The molecule has 2 unspecified atom stereocenters. The maximum absolute atomic E-state index is 12.1. The van der Waals surface area contributed by atoms with E-state index in [9.17, 15) is 13.5 Å². The van der Waals surface area contributed by atoms with E-state index in [1.54, 1.807) is 30.3 Å². The largest absolute Gasteiger partial charge is 0.390 e. The van der Waals surface area contributed by atoms with Crippen molar-refractivity contribution >= 4 is 27.2 Å². The first kappa shape index (κ1) is 22.8. The molecule has 2 atom stereocenters. The molecule has 2 aliphatic rings. The summed E-state index contributed by atoms with van der Waals surface area (Å²) in [5, 5.41) is 14.1. The van der Waals surface area contributed by atoms with Gasteiger partial charge in [-0.2, -0.15) is 0 Å². The summed E-state index contributed by atoms with van der Waals surface area (Å²) in [6.07, 6.45) is 4.01. The summed E-state index contributed by atoms with van der Waals surface area (Å²) in [6, 6.07) is 17.2. The van der Waals surface area contributed by atoms with Crippen molar-refractivity contribution in [3.8, 4) is 0 Å². The highest BCUT2D eigenvalue weighted by Crippen LogP contribution is 2.29. The number of para-hydroxylation sites is 1. The van der Waals surface area contributed by atoms with Gasteiger partial charge in [0.25, 0.3) is 0 Å². The van der Waals surface area contributed by atoms with Crippen molar-refractivity contribution in [1.82, 2.24) is 14.9 Å². The maximum Gasteiger partial charge on any atom is 0.177 e. The molecule has 0 saturated carbocycles. The Bertz CT molecular complexity index is 1280. The predicted octanol–water partition coefficient (Wildman–Crippen LogP) is 2.62. The van der Waals surface area contributed by atoms with Crippen LogP contribution in [-0.2, 0) is 22.8 Å². The lowest BCUT2D eigenvalue weighted by Gasteiger charge is -2.43. The lowest BCUT2D eigenvalue weighted by molar-refractivity contribution is 0.0293. The number of nitrogens with zero attached hydrogens (tertiary/aromatic N) is 4. The number of rotatable bonds is 5. The van der Waals surface area contributed by atoms with E-state index in [-0.39, 0.29) is 10.9 Å². The quantitative estimate of drug-likeness (QED) is 0.576. The third kappa shape index (κ3) is 4.77. The second-order valence-electron chi connectivity index (χ2n) is 9.01. The van der Waals surface area contributed by atoms with Gasteiger partial charge in [-0.3, -0.25) is 4.90 Å². The van der Waals surface area contributed by atoms with Gasteiger partial charge >= 0.3 is 0 Å². The minimum atomic E-state index is -3.38. The SMILES string of the molecule is CS(=O)(=O)c1ccccc1Nc1cc(N2CCC(N3CCc4ccccc4C3)C(O)C2)ncn1. The Balaban J connectivity index is 1.28. The summed E-state index contributed by atoms with van der Waals surface area (Å²) in [7, 11) is -3.38. The van der Waals surface area contributed by atoms with Crippen LogP contribution in [0.1, 0.15) is 17.5 Å². The van der Waals surface area contributed by atoms with Gasteiger partial charge in [-0.05, 0) is 36.1 Å². The Labute approximate surface area is 200 Å². The molecule has 0 spiro atoms. The summed E-state index contributed by atoms with van der Waals surface area (Å²) in [4.78, 5) is 13.4. The zero-order chi connectivity index (χ0) is 23.7. The van der Waals surface area contributed by atoms with Crippen LogP contribution in [-0.4, -0.2) is 66.4 Å². The molecule has 1 fully saturated rings. The van der Waals surface area contributed by atoms with Crippen molar-refractivity contribution in [2.24, 2.45) is 0 Å². The maximum atomic E-state index is 12.1. The number of piperidine rings is 1. The van der Waals surface area contributed by atoms with Crippen LogP contribution in [0.15, 0.2) is 65.8 Å². The lowest BCUT2D eigenvalue weighted by Crippen LogP contribution is -2.55. The van der Waals surface area contributed by atoms with E-state index in [0.717, 1.165) is 32.5 Å².